The zero-order valence-electron chi connectivity index (χ0n) is 22.4. The van der Waals surface area contributed by atoms with Crippen LogP contribution in [-0.2, 0) is 10.0 Å². The van der Waals surface area contributed by atoms with Crippen LogP contribution in [0.1, 0.15) is 47.0 Å². The Hall–Kier alpha value is -2.04. The van der Waals surface area contributed by atoms with Crippen LogP contribution in [0.15, 0.2) is 91.0 Å². The predicted molar refractivity (Wildman–Crippen MR) is 151 cm³/mol. The van der Waals surface area contributed by atoms with E-state index in [0.29, 0.717) is 13.0 Å². The Kier molecular flexibility index (Phi) is 9.74. The number of unbranched alkanes of at least 4 members (excludes halogenated alkanes) is 1. The molecule has 1 unspecified atom stereocenters. The average Bonchev–Trinajstić information content (AvgIpc) is 3.06. The second-order valence-corrected chi connectivity index (χ2v) is 14.7. The molecule has 1 heterocycles. The molecule has 1 saturated heterocycles. The first-order valence-corrected chi connectivity index (χ1v) is 15.0. The molecule has 0 bridgehead atoms. The monoisotopic (exact) mass is 581 g/mol. The third-order valence-corrected chi connectivity index (χ3v) is 12.3. The number of nitrogens with zero attached hydrogens (tertiary/aromatic N) is 1. The third-order valence-electron chi connectivity index (χ3n) is 7.76. The van der Waals surface area contributed by atoms with E-state index in [9.17, 15) is 10.0 Å². The highest BCUT2D eigenvalue weighted by Crippen LogP contribution is 2.55. The molecule has 1 aliphatic heterocycles. The van der Waals surface area contributed by atoms with Gasteiger partial charge < -0.3 is 22.3 Å². The molecule has 1 aliphatic rings. The molecule has 37 heavy (non-hydrogen) atoms. The van der Waals surface area contributed by atoms with Gasteiger partial charge in [-0.25, -0.2) is 0 Å². The molecule has 1 N–H and O–H groups in total. The van der Waals surface area contributed by atoms with Gasteiger partial charge in [0.1, 0.15) is 23.2 Å². The normalized spacial score (nSPS) is 18.7. The van der Waals surface area contributed by atoms with Crippen molar-refractivity contribution >= 4 is 29.1 Å². The lowest BCUT2D eigenvalue weighted by molar-refractivity contribution is -0.247. The molecule has 0 saturated carbocycles. The Morgan fingerprint density at radius 2 is 1.24 bits per heavy atom. The number of hydroxylamine groups is 2. The molecule has 197 valence electrons. The maximum atomic E-state index is 13.0. The van der Waals surface area contributed by atoms with E-state index in [0.717, 1.165) is 24.1 Å². The van der Waals surface area contributed by atoms with Gasteiger partial charge in [-0.05, 0) is 83.4 Å². The smallest absolute Gasteiger partial charge is 0.225 e. The highest BCUT2D eigenvalue weighted by atomic mass is 79.9. The average molecular weight is 583 g/mol. The summed E-state index contributed by atoms with van der Waals surface area (Å²) < 4.78 is 0. The Labute approximate surface area is 233 Å². The summed E-state index contributed by atoms with van der Waals surface area (Å²) in [6, 6.07) is 32.7. The van der Waals surface area contributed by atoms with Gasteiger partial charge in [0.15, 0.2) is 0 Å². The molecule has 3 aromatic rings. The number of halogens is 1. The fourth-order valence-electron chi connectivity index (χ4n) is 5.86. The Balaban J connectivity index is 0.00000380. The summed E-state index contributed by atoms with van der Waals surface area (Å²) in [6.07, 6.45) is 3.52. The lowest BCUT2D eigenvalue weighted by Crippen LogP contribution is -3.00. The van der Waals surface area contributed by atoms with Crippen LogP contribution < -0.4 is 38.2 Å². The van der Waals surface area contributed by atoms with E-state index in [1.54, 1.807) is 0 Å². The SMILES string of the molecule is CC1(C)CC(C(=O)NCCCC[P+](c2ccccc2)(c2ccccc2)c2ccccc2)C(C)(C)N1[O].[Br-]. The largest absolute Gasteiger partial charge is 1.00 e. The second-order valence-electron chi connectivity index (χ2n) is 11.1. The van der Waals surface area contributed by atoms with Crippen LogP contribution >= 0.6 is 7.26 Å². The van der Waals surface area contributed by atoms with Gasteiger partial charge >= 0.3 is 0 Å². The molecule has 1 atom stereocenters. The van der Waals surface area contributed by atoms with Crippen LogP contribution in [-0.4, -0.2) is 34.8 Å². The van der Waals surface area contributed by atoms with E-state index < -0.39 is 18.3 Å². The fraction of sp³-hybridized carbons (Fsp3) is 0.387. The number of benzene rings is 3. The van der Waals surface area contributed by atoms with Gasteiger partial charge in [-0.2, -0.15) is 0 Å². The number of rotatable bonds is 9. The van der Waals surface area contributed by atoms with Crippen molar-refractivity contribution in [1.82, 2.24) is 10.4 Å². The van der Waals surface area contributed by atoms with Crippen LogP contribution in [0.4, 0.5) is 0 Å². The minimum absolute atomic E-state index is 0. The van der Waals surface area contributed by atoms with Crippen molar-refractivity contribution in [3.63, 3.8) is 0 Å². The number of hydrogen-bond acceptors (Lipinski definition) is 2. The Morgan fingerprint density at radius 1 is 0.811 bits per heavy atom. The second kappa shape index (κ2) is 12.2. The van der Waals surface area contributed by atoms with Crippen LogP contribution in [0, 0.1) is 5.92 Å². The maximum Gasteiger partial charge on any atom is 0.225 e. The first-order chi connectivity index (χ1) is 17.2. The minimum Gasteiger partial charge on any atom is -1.00 e. The number of nitrogens with one attached hydrogen (secondary N) is 1. The molecule has 1 radical (unpaired) electrons. The third kappa shape index (κ3) is 6.01. The molecule has 4 nitrogen and oxygen atoms in total. The predicted octanol–water partition coefficient (Wildman–Crippen LogP) is 2.11. The molecular weight excluding hydrogens is 543 g/mol. The van der Waals surface area contributed by atoms with E-state index in [1.807, 2.05) is 27.7 Å². The van der Waals surface area contributed by atoms with Crippen molar-refractivity contribution in [1.29, 1.82) is 0 Å². The molecule has 1 fully saturated rings. The molecule has 1 amide bonds. The summed E-state index contributed by atoms with van der Waals surface area (Å²) in [4.78, 5) is 13.0. The van der Waals surface area contributed by atoms with E-state index in [2.05, 4.69) is 96.3 Å². The number of carbonyl (C=O) groups is 1. The van der Waals surface area contributed by atoms with Gasteiger partial charge in [0, 0.05) is 12.1 Å². The van der Waals surface area contributed by atoms with Crippen LogP contribution in [0.5, 0.6) is 0 Å². The molecule has 3 aromatic carbocycles. The molecule has 6 heteroatoms. The van der Waals surface area contributed by atoms with Gasteiger partial charge in [-0.1, -0.05) is 54.6 Å². The summed E-state index contributed by atoms with van der Waals surface area (Å²) in [5.74, 6) is -0.295. The van der Waals surface area contributed by atoms with Crippen molar-refractivity contribution in [2.45, 2.75) is 58.0 Å². The summed E-state index contributed by atoms with van der Waals surface area (Å²) in [7, 11) is -1.84. The topological polar surface area (TPSA) is 52.2 Å². The standard InChI is InChI=1S/C31H38N2O2P.BrH/c1-30(2)24-28(31(3,4)33(30)35)29(34)32-22-14-15-23-36(25-16-8-5-9-17-25,26-18-10-6-11-19-26)27-20-12-7-13-21-27;/h5-13,16-21,28H,14-15,22-24H2,1-4H3;1H. The summed E-state index contributed by atoms with van der Waals surface area (Å²) in [5.41, 5.74) is -1.21. The highest BCUT2D eigenvalue weighted by Gasteiger charge is 2.55. The van der Waals surface area contributed by atoms with Gasteiger partial charge in [-0.3, -0.25) is 4.79 Å². The Morgan fingerprint density at radius 3 is 1.62 bits per heavy atom. The van der Waals surface area contributed by atoms with Crippen molar-refractivity contribution in [3.8, 4) is 0 Å². The number of hydrogen-bond donors (Lipinski definition) is 1. The number of amides is 1. The molecule has 0 aromatic heterocycles. The van der Waals surface area contributed by atoms with E-state index in [4.69, 9.17) is 0 Å². The zero-order valence-corrected chi connectivity index (χ0v) is 24.8. The lowest BCUT2D eigenvalue weighted by Gasteiger charge is -2.33. The first kappa shape index (κ1) is 29.5. The summed E-state index contributed by atoms with van der Waals surface area (Å²) in [5, 5.41) is 21.1. The number of carbonyl (C=O) groups excluding carboxylic acids is 1. The van der Waals surface area contributed by atoms with Crippen molar-refractivity contribution < 1.29 is 27.0 Å². The quantitative estimate of drug-likeness (QED) is 0.311. The lowest BCUT2D eigenvalue weighted by atomic mass is 9.86. The van der Waals surface area contributed by atoms with Crippen molar-refractivity contribution in [3.05, 3.63) is 91.0 Å². The molecule has 0 aliphatic carbocycles. The maximum absolute atomic E-state index is 13.0. The van der Waals surface area contributed by atoms with Crippen molar-refractivity contribution in [2.24, 2.45) is 5.92 Å². The van der Waals surface area contributed by atoms with Gasteiger partial charge in [0.25, 0.3) is 0 Å². The van der Waals surface area contributed by atoms with Crippen molar-refractivity contribution in [2.75, 3.05) is 12.7 Å². The van der Waals surface area contributed by atoms with Gasteiger partial charge in [0.05, 0.1) is 17.6 Å². The zero-order chi connectivity index (χ0) is 25.8. The van der Waals surface area contributed by atoms with E-state index in [1.165, 1.54) is 15.9 Å². The first-order valence-electron chi connectivity index (χ1n) is 13.0. The summed E-state index contributed by atoms with van der Waals surface area (Å²) >= 11 is 0. The van der Waals surface area contributed by atoms with Crippen LogP contribution in [0.25, 0.3) is 0 Å². The fourth-order valence-corrected chi connectivity index (χ4v) is 10.3. The van der Waals surface area contributed by atoms with E-state index in [-0.39, 0.29) is 28.8 Å². The van der Waals surface area contributed by atoms with Crippen LogP contribution in [0.2, 0.25) is 0 Å². The van der Waals surface area contributed by atoms with Gasteiger partial charge in [0.2, 0.25) is 5.91 Å². The Bertz CT molecular complexity index is 1040. The molecule has 4 rings (SSSR count). The van der Waals surface area contributed by atoms with Gasteiger partial charge in [-0.15, -0.1) is 10.3 Å². The molecule has 0 spiro atoms. The van der Waals surface area contributed by atoms with E-state index >= 15 is 0 Å². The molecular formula is C31H39BrN2O2P. The highest BCUT2D eigenvalue weighted by molar-refractivity contribution is 7.95. The van der Waals surface area contributed by atoms with Crippen LogP contribution in [0.3, 0.4) is 0 Å². The summed E-state index contributed by atoms with van der Waals surface area (Å²) in [6.45, 7) is 8.25. The minimum atomic E-state index is -1.84.